The van der Waals surface area contributed by atoms with Crippen molar-refractivity contribution in [3.05, 3.63) is 30.0 Å². The second-order valence-electron chi connectivity index (χ2n) is 10.3. The van der Waals surface area contributed by atoms with E-state index >= 15 is 0 Å². The van der Waals surface area contributed by atoms with Crippen LogP contribution in [-0.4, -0.2) is 77.4 Å². The molecule has 192 valence electrons. The number of aliphatic hydroxyl groups is 1. The number of H-pyrrole nitrogens is 1. The predicted octanol–water partition coefficient (Wildman–Crippen LogP) is 1.13. The van der Waals surface area contributed by atoms with Crippen LogP contribution in [0.25, 0.3) is 10.9 Å². The average Bonchev–Trinajstić information content (AvgIpc) is 3.32. The Morgan fingerprint density at radius 3 is 2.81 bits per heavy atom. The molecule has 0 unspecified atom stereocenters. The highest BCUT2D eigenvalue weighted by Crippen LogP contribution is 2.55. The molecule has 5 rings (SSSR count). The van der Waals surface area contributed by atoms with Gasteiger partial charge in [0.2, 0.25) is 11.8 Å². The highest BCUT2D eigenvalue weighted by Gasteiger charge is 2.55. The molecule has 0 bridgehead atoms. The molecule has 3 fully saturated rings. The number of rotatable bonds is 8. The molecule has 3 atom stereocenters. The summed E-state index contributed by atoms with van der Waals surface area (Å²) in [6, 6.07) is 5.53. The van der Waals surface area contributed by atoms with Gasteiger partial charge in [-0.25, -0.2) is 0 Å². The van der Waals surface area contributed by atoms with E-state index in [-0.39, 0.29) is 23.7 Å². The van der Waals surface area contributed by atoms with Crippen LogP contribution in [0.2, 0.25) is 0 Å². The number of nitrogens with one attached hydrogen (secondary N) is 3. The van der Waals surface area contributed by atoms with Crippen molar-refractivity contribution in [1.29, 1.82) is 0 Å². The number of aliphatic hydroxyl groups excluding tert-OH is 1. The molecule has 1 spiro atoms. The fourth-order valence-corrected chi connectivity index (χ4v) is 5.61. The van der Waals surface area contributed by atoms with E-state index < -0.39 is 36.3 Å². The minimum absolute atomic E-state index is 0.0683. The van der Waals surface area contributed by atoms with Crippen LogP contribution in [0.15, 0.2) is 24.3 Å². The Bertz CT molecular complexity index is 1200. The molecule has 0 radical (unpaired) electrons. The number of hydrogen-bond acceptors (Lipinski definition) is 6. The number of likely N-dealkylation sites (tertiary alicyclic amines) is 1. The van der Waals surface area contributed by atoms with E-state index in [1.807, 2.05) is 18.2 Å². The number of fused-ring (bicyclic) bond motifs is 1. The Morgan fingerprint density at radius 2 is 2.11 bits per heavy atom. The van der Waals surface area contributed by atoms with Crippen molar-refractivity contribution >= 4 is 34.4 Å². The van der Waals surface area contributed by atoms with Crippen molar-refractivity contribution in [2.75, 3.05) is 26.8 Å². The van der Waals surface area contributed by atoms with Crippen LogP contribution in [0.5, 0.6) is 5.75 Å². The van der Waals surface area contributed by atoms with Gasteiger partial charge in [0.15, 0.2) is 5.78 Å². The summed E-state index contributed by atoms with van der Waals surface area (Å²) in [6.07, 6.45) is 3.97. The number of ether oxygens (including phenoxy) is 1. The SMILES string of the molecule is COc1cccc2[nH]c(C(=O)N3CC4(CC4)C[C@H]3C(=O)N[C@@H](C[C@@H]3CCCNC3=O)C(=O)CO)cc12. The van der Waals surface area contributed by atoms with E-state index in [4.69, 9.17) is 4.74 Å². The molecule has 10 heteroatoms. The molecule has 4 N–H and O–H groups in total. The van der Waals surface area contributed by atoms with Crippen LogP contribution in [-0.2, 0) is 14.4 Å². The zero-order valence-electron chi connectivity index (χ0n) is 20.3. The topological polar surface area (TPSA) is 141 Å². The van der Waals surface area contributed by atoms with E-state index in [0.29, 0.717) is 37.4 Å². The van der Waals surface area contributed by atoms with Gasteiger partial charge in [-0.15, -0.1) is 0 Å². The Labute approximate surface area is 208 Å². The average molecular weight is 497 g/mol. The lowest BCUT2D eigenvalue weighted by Gasteiger charge is -2.28. The first kappa shape index (κ1) is 24.3. The highest BCUT2D eigenvalue weighted by molar-refractivity contribution is 6.02. The first-order valence-corrected chi connectivity index (χ1v) is 12.5. The van der Waals surface area contributed by atoms with Gasteiger partial charge in [0.05, 0.1) is 13.2 Å². The molecule has 1 aromatic carbocycles. The highest BCUT2D eigenvalue weighted by atomic mass is 16.5. The number of methoxy groups -OCH3 is 1. The smallest absolute Gasteiger partial charge is 0.271 e. The number of benzene rings is 1. The van der Waals surface area contributed by atoms with Crippen molar-refractivity contribution in [2.24, 2.45) is 11.3 Å². The lowest BCUT2D eigenvalue weighted by atomic mass is 9.90. The zero-order valence-corrected chi connectivity index (χ0v) is 20.3. The summed E-state index contributed by atoms with van der Waals surface area (Å²) < 4.78 is 5.41. The van der Waals surface area contributed by atoms with E-state index in [1.54, 1.807) is 18.1 Å². The van der Waals surface area contributed by atoms with Crippen molar-refractivity contribution < 1.29 is 29.0 Å². The number of amides is 3. The molecule has 1 saturated carbocycles. The largest absolute Gasteiger partial charge is 0.496 e. The van der Waals surface area contributed by atoms with Crippen molar-refractivity contribution in [3.8, 4) is 5.75 Å². The number of carbonyl (C=O) groups excluding carboxylic acids is 4. The summed E-state index contributed by atoms with van der Waals surface area (Å²) in [4.78, 5) is 56.5. The van der Waals surface area contributed by atoms with Gasteiger partial charge in [-0.2, -0.15) is 0 Å². The van der Waals surface area contributed by atoms with Crippen LogP contribution in [0.3, 0.4) is 0 Å². The summed E-state index contributed by atoms with van der Waals surface area (Å²) in [7, 11) is 1.57. The maximum atomic E-state index is 13.6. The van der Waals surface area contributed by atoms with Gasteiger partial charge in [0.1, 0.15) is 24.1 Å². The maximum Gasteiger partial charge on any atom is 0.271 e. The monoisotopic (exact) mass is 496 g/mol. The second kappa shape index (κ2) is 9.57. The van der Waals surface area contributed by atoms with Crippen molar-refractivity contribution in [2.45, 2.75) is 50.6 Å². The van der Waals surface area contributed by atoms with Gasteiger partial charge in [0, 0.05) is 29.9 Å². The second-order valence-corrected chi connectivity index (χ2v) is 10.3. The maximum absolute atomic E-state index is 13.6. The van der Waals surface area contributed by atoms with Crippen LogP contribution < -0.4 is 15.4 Å². The molecule has 36 heavy (non-hydrogen) atoms. The summed E-state index contributed by atoms with van der Waals surface area (Å²) in [5.41, 5.74) is 1.06. The number of nitrogens with zero attached hydrogens (tertiary/aromatic N) is 1. The van der Waals surface area contributed by atoms with Crippen molar-refractivity contribution in [3.63, 3.8) is 0 Å². The molecule has 10 nitrogen and oxygen atoms in total. The third-order valence-corrected chi connectivity index (χ3v) is 7.88. The van der Waals surface area contributed by atoms with Gasteiger partial charge in [-0.05, 0) is 62.1 Å². The number of Topliss-reactive ketones (excluding diaryl/α,β-unsaturated/α-hetero) is 1. The third-order valence-electron chi connectivity index (χ3n) is 7.88. The van der Waals surface area contributed by atoms with E-state index in [2.05, 4.69) is 15.6 Å². The minimum atomic E-state index is -0.985. The lowest BCUT2D eigenvalue weighted by molar-refractivity contribution is -0.133. The number of hydrogen-bond donors (Lipinski definition) is 4. The molecule has 2 saturated heterocycles. The van der Waals surface area contributed by atoms with Gasteiger partial charge in [-0.1, -0.05) is 6.07 Å². The number of piperidine rings is 1. The van der Waals surface area contributed by atoms with E-state index in [1.165, 1.54) is 0 Å². The summed E-state index contributed by atoms with van der Waals surface area (Å²) in [5, 5.41) is 15.8. The molecule has 3 heterocycles. The summed E-state index contributed by atoms with van der Waals surface area (Å²) in [6.45, 7) is 0.342. The van der Waals surface area contributed by atoms with Gasteiger partial charge >= 0.3 is 0 Å². The van der Waals surface area contributed by atoms with Crippen molar-refractivity contribution in [1.82, 2.24) is 20.5 Å². The molecule has 3 amide bonds. The molecule has 2 aliphatic heterocycles. The van der Waals surface area contributed by atoms with Gasteiger partial charge in [0.25, 0.3) is 5.91 Å². The van der Waals surface area contributed by atoms with E-state index in [0.717, 1.165) is 30.2 Å². The van der Waals surface area contributed by atoms with Crippen LogP contribution in [0.1, 0.15) is 49.0 Å². The summed E-state index contributed by atoms with van der Waals surface area (Å²) in [5.74, 6) is -1.15. The van der Waals surface area contributed by atoms with Gasteiger partial charge < -0.3 is 30.4 Å². The first-order chi connectivity index (χ1) is 17.3. The minimum Gasteiger partial charge on any atom is -0.496 e. The number of ketones is 1. The Morgan fingerprint density at radius 1 is 1.31 bits per heavy atom. The Kier molecular flexibility index (Phi) is 6.46. The Balaban J connectivity index is 1.36. The number of carbonyl (C=O) groups is 4. The summed E-state index contributed by atoms with van der Waals surface area (Å²) >= 11 is 0. The van der Waals surface area contributed by atoms with E-state index in [9.17, 15) is 24.3 Å². The molecule has 1 aliphatic carbocycles. The third kappa shape index (κ3) is 4.57. The zero-order chi connectivity index (χ0) is 25.4. The van der Waals surface area contributed by atoms with Gasteiger partial charge in [-0.3, -0.25) is 19.2 Å². The quantitative estimate of drug-likeness (QED) is 0.432. The number of aromatic amines is 1. The molecular formula is C26H32N4O6. The van der Waals surface area contributed by atoms with Crippen LogP contribution >= 0.6 is 0 Å². The Hall–Kier alpha value is -3.40. The lowest BCUT2D eigenvalue weighted by Crippen LogP contribution is -2.52. The fraction of sp³-hybridized carbons (Fsp3) is 0.538. The molecular weight excluding hydrogens is 464 g/mol. The number of aromatic nitrogens is 1. The molecule has 1 aromatic heterocycles. The fourth-order valence-electron chi connectivity index (χ4n) is 5.61. The standard InChI is InChI=1S/C26H32N4O6/c1-36-22-6-2-5-17-16(22)11-19(28-17)25(35)30-14-26(7-8-26)12-20(30)24(34)29-18(21(32)13-31)10-15-4-3-9-27-23(15)33/h2,5-6,11,15,18,20,28,31H,3-4,7-10,12-14H2,1H3,(H,27,33)(H,29,34)/t15-,18-,20-/m0/s1. The molecule has 3 aliphatic rings. The first-order valence-electron chi connectivity index (χ1n) is 12.5. The normalized spacial score (nSPS) is 23.4. The van der Waals surface area contributed by atoms with Crippen LogP contribution in [0, 0.1) is 11.3 Å². The molecule has 2 aromatic rings. The van der Waals surface area contributed by atoms with Crippen LogP contribution in [0.4, 0.5) is 0 Å². The predicted molar refractivity (Wildman–Crippen MR) is 130 cm³/mol.